The molecule has 1 aliphatic heterocycles. The molecule has 1 unspecified atom stereocenters. The fourth-order valence-corrected chi connectivity index (χ4v) is 5.31. The van der Waals surface area contributed by atoms with Crippen LogP contribution in [0, 0.1) is 5.92 Å². The van der Waals surface area contributed by atoms with Gasteiger partial charge >= 0.3 is 0 Å². The van der Waals surface area contributed by atoms with Gasteiger partial charge in [0.25, 0.3) is 5.91 Å². The number of piperidine rings is 1. The highest BCUT2D eigenvalue weighted by molar-refractivity contribution is 6.11. The number of carbonyl (C=O) groups is 2. The first-order chi connectivity index (χ1) is 15.2. The van der Waals surface area contributed by atoms with Gasteiger partial charge in [0.2, 0.25) is 0 Å². The van der Waals surface area contributed by atoms with Crippen LogP contribution in [-0.4, -0.2) is 39.6 Å². The highest BCUT2D eigenvalue weighted by atomic mass is 16.2. The highest BCUT2D eigenvalue weighted by Crippen LogP contribution is 2.34. The van der Waals surface area contributed by atoms with Crippen LogP contribution in [0.1, 0.15) is 44.7 Å². The Bertz CT molecular complexity index is 1340. The number of Topliss-reactive ketones (excluding diaryl/α,β-unsaturated/α-hetero) is 1. The van der Waals surface area contributed by atoms with Gasteiger partial charge in [0, 0.05) is 30.1 Å². The third-order valence-corrected chi connectivity index (χ3v) is 6.89. The Hall–Kier alpha value is -3.47. The third-order valence-electron chi connectivity index (χ3n) is 6.89. The van der Waals surface area contributed by atoms with E-state index >= 15 is 0 Å². The van der Waals surface area contributed by atoms with Crippen LogP contribution in [0.15, 0.2) is 54.9 Å². The van der Waals surface area contributed by atoms with E-state index in [0.29, 0.717) is 18.7 Å². The highest BCUT2D eigenvalue weighted by Gasteiger charge is 2.31. The molecule has 2 aliphatic rings. The Morgan fingerprint density at radius 1 is 1.03 bits per heavy atom. The molecule has 1 amide bonds. The predicted molar refractivity (Wildman–Crippen MR) is 120 cm³/mol. The molecule has 1 aliphatic carbocycles. The zero-order valence-electron chi connectivity index (χ0n) is 17.2. The smallest absolute Gasteiger partial charge is 0.253 e. The van der Waals surface area contributed by atoms with E-state index < -0.39 is 0 Å². The van der Waals surface area contributed by atoms with Crippen LogP contribution in [0.25, 0.3) is 21.8 Å². The maximum Gasteiger partial charge on any atom is 0.253 e. The van der Waals surface area contributed by atoms with E-state index in [0.717, 1.165) is 47.7 Å². The van der Waals surface area contributed by atoms with Gasteiger partial charge in [-0.2, -0.15) is 0 Å². The topological polar surface area (TPSA) is 66.1 Å². The van der Waals surface area contributed by atoms with Gasteiger partial charge in [-0.3, -0.25) is 9.59 Å². The Balaban J connectivity index is 1.28. The molecule has 2 heterocycles. The average Bonchev–Trinajstić information content (AvgIpc) is 3.46. The molecular formula is C26H23N3O2. The van der Waals surface area contributed by atoms with E-state index in [1.807, 2.05) is 29.2 Å². The molecule has 1 N–H and O–H groups in total. The zero-order valence-corrected chi connectivity index (χ0v) is 17.2. The summed E-state index contributed by atoms with van der Waals surface area (Å²) in [6.07, 6.45) is 5.40. The van der Waals surface area contributed by atoms with Crippen LogP contribution in [0.5, 0.6) is 0 Å². The van der Waals surface area contributed by atoms with Crippen molar-refractivity contribution >= 4 is 33.5 Å². The molecule has 0 radical (unpaired) electrons. The molecule has 1 atom stereocenters. The molecule has 1 aromatic heterocycles. The van der Waals surface area contributed by atoms with Gasteiger partial charge in [-0.1, -0.05) is 30.3 Å². The number of fused-ring (bicyclic) bond motifs is 1. The Labute approximate surface area is 180 Å². The van der Waals surface area contributed by atoms with Crippen molar-refractivity contribution in [2.24, 2.45) is 5.92 Å². The van der Waals surface area contributed by atoms with Gasteiger partial charge in [0.05, 0.1) is 17.4 Å². The van der Waals surface area contributed by atoms with Gasteiger partial charge in [-0.05, 0) is 65.8 Å². The standard InChI is InChI=1S/C26H23N3O2/c30-25(21-10-8-17-7-6-16-3-1-5-20(21)24(16)17)19-4-2-12-29(14-19)26(31)18-9-11-22-23(13-18)28-15-27-22/h1,3,5,8-11,13,15,19H,2,4,6-7,12,14H2,(H,27,28). The lowest BCUT2D eigenvalue weighted by molar-refractivity contribution is 0.0637. The predicted octanol–water partition coefficient (Wildman–Crippen LogP) is 4.55. The quantitative estimate of drug-likeness (QED) is 0.505. The van der Waals surface area contributed by atoms with Crippen LogP contribution < -0.4 is 0 Å². The molecule has 0 bridgehead atoms. The lowest BCUT2D eigenvalue weighted by atomic mass is 9.87. The first kappa shape index (κ1) is 18.3. The summed E-state index contributed by atoms with van der Waals surface area (Å²) >= 11 is 0. The summed E-state index contributed by atoms with van der Waals surface area (Å²) in [6, 6.07) is 16.0. The molecule has 1 saturated heterocycles. The second kappa shape index (κ2) is 7.05. The molecule has 5 nitrogen and oxygen atoms in total. The van der Waals surface area contributed by atoms with Crippen LogP contribution in [0.3, 0.4) is 0 Å². The number of H-pyrrole nitrogens is 1. The van der Waals surface area contributed by atoms with Crippen LogP contribution in [0.4, 0.5) is 0 Å². The molecular weight excluding hydrogens is 386 g/mol. The van der Waals surface area contributed by atoms with Gasteiger partial charge in [-0.15, -0.1) is 0 Å². The van der Waals surface area contributed by atoms with E-state index in [-0.39, 0.29) is 17.6 Å². The van der Waals surface area contributed by atoms with E-state index in [9.17, 15) is 9.59 Å². The minimum Gasteiger partial charge on any atom is -0.345 e. The van der Waals surface area contributed by atoms with Crippen molar-refractivity contribution in [2.45, 2.75) is 25.7 Å². The largest absolute Gasteiger partial charge is 0.345 e. The SMILES string of the molecule is O=C(c1ccc2c3c(cccc13)CC2)C1CCCN(C(=O)c2ccc3nc[nH]c3c2)C1. The number of carbonyl (C=O) groups excluding carboxylic acids is 2. The van der Waals surface area contributed by atoms with Crippen molar-refractivity contribution in [2.75, 3.05) is 13.1 Å². The minimum absolute atomic E-state index is 0.0191. The lowest BCUT2D eigenvalue weighted by Crippen LogP contribution is -2.42. The normalized spacial score (nSPS) is 18.1. The summed E-state index contributed by atoms with van der Waals surface area (Å²) in [4.78, 5) is 35.8. The maximum atomic E-state index is 13.6. The molecule has 6 rings (SSSR count). The van der Waals surface area contributed by atoms with Crippen molar-refractivity contribution in [3.8, 4) is 0 Å². The van der Waals surface area contributed by atoms with Crippen LogP contribution in [0.2, 0.25) is 0 Å². The summed E-state index contributed by atoms with van der Waals surface area (Å²) in [5, 5.41) is 2.34. The second-order valence-electron chi connectivity index (χ2n) is 8.70. The average molecular weight is 409 g/mol. The van der Waals surface area contributed by atoms with Crippen molar-refractivity contribution in [1.82, 2.24) is 14.9 Å². The number of rotatable bonds is 3. The summed E-state index contributed by atoms with van der Waals surface area (Å²) in [7, 11) is 0. The van der Waals surface area contributed by atoms with Crippen LogP contribution >= 0.6 is 0 Å². The Morgan fingerprint density at radius 2 is 1.90 bits per heavy atom. The fraction of sp³-hybridized carbons (Fsp3) is 0.269. The Morgan fingerprint density at radius 3 is 2.81 bits per heavy atom. The summed E-state index contributed by atoms with van der Waals surface area (Å²) in [6.45, 7) is 1.16. The van der Waals surface area contributed by atoms with Gasteiger partial charge < -0.3 is 9.88 Å². The van der Waals surface area contributed by atoms with E-state index in [1.165, 1.54) is 16.5 Å². The van der Waals surface area contributed by atoms with Crippen LogP contribution in [-0.2, 0) is 12.8 Å². The minimum atomic E-state index is -0.160. The summed E-state index contributed by atoms with van der Waals surface area (Å²) in [5.74, 6) is -0.0152. The van der Waals surface area contributed by atoms with Gasteiger partial charge in [0.1, 0.15) is 0 Å². The number of aromatic amines is 1. The fourth-order valence-electron chi connectivity index (χ4n) is 5.31. The number of ketones is 1. The number of amides is 1. The molecule has 5 heteroatoms. The number of benzene rings is 3. The molecule has 154 valence electrons. The molecule has 0 saturated carbocycles. The van der Waals surface area contributed by atoms with Gasteiger partial charge in [0.15, 0.2) is 5.78 Å². The van der Waals surface area contributed by atoms with E-state index in [4.69, 9.17) is 0 Å². The van der Waals surface area contributed by atoms with Gasteiger partial charge in [-0.25, -0.2) is 4.98 Å². The van der Waals surface area contributed by atoms with Crippen molar-refractivity contribution in [3.63, 3.8) is 0 Å². The maximum absolute atomic E-state index is 13.6. The number of aryl methyl sites for hydroxylation is 2. The van der Waals surface area contributed by atoms with Crippen molar-refractivity contribution in [3.05, 3.63) is 77.1 Å². The van der Waals surface area contributed by atoms with Crippen molar-refractivity contribution in [1.29, 1.82) is 0 Å². The summed E-state index contributed by atoms with van der Waals surface area (Å²) in [5.41, 5.74) is 5.82. The number of nitrogens with one attached hydrogen (secondary N) is 1. The monoisotopic (exact) mass is 409 g/mol. The summed E-state index contributed by atoms with van der Waals surface area (Å²) < 4.78 is 0. The van der Waals surface area contributed by atoms with E-state index in [2.05, 4.69) is 34.2 Å². The molecule has 4 aromatic rings. The number of hydrogen-bond acceptors (Lipinski definition) is 3. The third kappa shape index (κ3) is 2.95. The number of nitrogens with zero attached hydrogens (tertiary/aromatic N) is 2. The molecule has 3 aromatic carbocycles. The number of aromatic nitrogens is 2. The first-order valence-electron chi connectivity index (χ1n) is 11.0. The number of likely N-dealkylation sites (tertiary alicyclic amines) is 1. The molecule has 1 fully saturated rings. The Kier molecular flexibility index (Phi) is 4.16. The molecule has 0 spiro atoms. The van der Waals surface area contributed by atoms with Crippen molar-refractivity contribution < 1.29 is 9.59 Å². The molecule has 31 heavy (non-hydrogen) atoms. The first-order valence-corrected chi connectivity index (χ1v) is 11.0. The second-order valence-corrected chi connectivity index (χ2v) is 8.70. The zero-order chi connectivity index (χ0) is 20.9. The lowest BCUT2D eigenvalue weighted by Gasteiger charge is -2.32. The number of imidazole rings is 1. The van der Waals surface area contributed by atoms with E-state index in [1.54, 1.807) is 6.33 Å². The number of hydrogen-bond donors (Lipinski definition) is 1.